The quantitative estimate of drug-likeness (QED) is 0.671. The van der Waals surface area contributed by atoms with Crippen molar-refractivity contribution in [2.45, 2.75) is 32.9 Å². The minimum Gasteiger partial charge on any atom is -0.375 e. The number of morpholine rings is 1. The molecule has 0 radical (unpaired) electrons. The number of nitro groups is 1. The molecule has 2 rings (SSSR count). The number of anilines is 2. The van der Waals surface area contributed by atoms with E-state index in [0.29, 0.717) is 31.3 Å². The molecule has 0 aromatic carbocycles. The molecule has 0 amide bonds. The van der Waals surface area contributed by atoms with Crippen molar-refractivity contribution in [2.75, 3.05) is 29.9 Å². The Bertz CT molecular complexity index is 495. The van der Waals surface area contributed by atoms with E-state index in [0.717, 1.165) is 0 Å². The zero-order valence-corrected chi connectivity index (χ0v) is 12.0. The highest BCUT2D eigenvalue weighted by Crippen LogP contribution is 2.26. The van der Waals surface area contributed by atoms with Crippen molar-refractivity contribution in [3.8, 4) is 0 Å². The predicted octanol–water partition coefficient (Wildman–Crippen LogP) is 2.04. The number of aromatic nitrogens is 1. The molecule has 2 heterocycles. The number of nitrogens with zero attached hydrogens (tertiary/aromatic N) is 3. The van der Waals surface area contributed by atoms with E-state index in [-0.39, 0.29) is 22.8 Å². The Morgan fingerprint density at radius 1 is 1.55 bits per heavy atom. The first-order valence-corrected chi connectivity index (χ1v) is 6.79. The molecule has 1 aliphatic rings. The van der Waals surface area contributed by atoms with Gasteiger partial charge < -0.3 is 15.0 Å². The Morgan fingerprint density at radius 2 is 2.30 bits per heavy atom. The number of rotatable bonds is 4. The third-order valence-electron chi connectivity index (χ3n) is 3.27. The van der Waals surface area contributed by atoms with Crippen molar-refractivity contribution in [3.63, 3.8) is 0 Å². The molecule has 110 valence electrons. The van der Waals surface area contributed by atoms with Crippen molar-refractivity contribution in [2.24, 2.45) is 0 Å². The van der Waals surface area contributed by atoms with Gasteiger partial charge in [0.2, 0.25) is 0 Å². The Hall–Kier alpha value is -1.89. The van der Waals surface area contributed by atoms with Crippen LogP contribution in [0.15, 0.2) is 12.1 Å². The summed E-state index contributed by atoms with van der Waals surface area (Å²) >= 11 is 0. The predicted molar refractivity (Wildman–Crippen MR) is 77.3 cm³/mol. The van der Waals surface area contributed by atoms with Gasteiger partial charge in [-0.3, -0.25) is 10.1 Å². The maximum Gasteiger partial charge on any atom is 0.276 e. The van der Waals surface area contributed by atoms with Crippen LogP contribution in [-0.4, -0.2) is 41.7 Å². The Balaban J connectivity index is 2.35. The van der Waals surface area contributed by atoms with Gasteiger partial charge in [-0.1, -0.05) is 0 Å². The smallest absolute Gasteiger partial charge is 0.276 e. The molecule has 20 heavy (non-hydrogen) atoms. The second kappa shape index (κ2) is 6.04. The summed E-state index contributed by atoms with van der Waals surface area (Å²) in [6, 6.07) is 3.13. The maximum atomic E-state index is 11.0. The lowest BCUT2D eigenvalue weighted by Gasteiger charge is -2.37. The summed E-state index contributed by atoms with van der Waals surface area (Å²) in [6.07, 6.45) is 0.0925. The summed E-state index contributed by atoms with van der Waals surface area (Å²) in [4.78, 5) is 17.2. The van der Waals surface area contributed by atoms with Gasteiger partial charge in [0.05, 0.1) is 35.8 Å². The van der Waals surface area contributed by atoms with Crippen LogP contribution in [0, 0.1) is 10.1 Å². The van der Waals surface area contributed by atoms with Gasteiger partial charge in [-0.15, -0.1) is 0 Å². The fraction of sp³-hybridized carbons (Fsp3) is 0.615. The topological polar surface area (TPSA) is 80.5 Å². The molecule has 7 nitrogen and oxygen atoms in total. The van der Waals surface area contributed by atoms with Gasteiger partial charge >= 0.3 is 0 Å². The lowest BCUT2D eigenvalue weighted by atomic mass is 10.2. The van der Waals surface area contributed by atoms with Crippen molar-refractivity contribution in [3.05, 3.63) is 22.2 Å². The molecule has 1 saturated heterocycles. The number of hydrogen-bond donors (Lipinski definition) is 1. The van der Waals surface area contributed by atoms with E-state index in [1.54, 1.807) is 0 Å². The molecule has 0 bridgehead atoms. The highest BCUT2D eigenvalue weighted by molar-refractivity contribution is 5.56. The molecular weight excluding hydrogens is 260 g/mol. The first-order valence-electron chi connectivity index (χ1n) is 6.79. The van der Waals surface area contributed by atoms with Gasteiger partial charge in [0.15, 0.2) is 0 Å². The van der Waals surface area contributed by atoms with Gasteiger partial charge in [0, 0.05) is 13.1 Å². The average Bonchev–Trinajstić information content (AvgIpc) is 2.41. The third kappa shape index (κ3) is 3.16. The number of nitrogens with one attached hydrogen (secondary N) is 1. The lowest BCUT2D eigenvalue weighted by molar-refractivity contribution is -0.384. The minimum absolute atomic E-state index is 0.0531. The largest absolute Gasteiger partial charge is 0.375 e. The average molecular weight is 280 g/mol. The second-order valence-corrected chi connectivity index (χ2v) is 5.00. The molecule has 1 aromatic rings. The summed E-state index contributed by atoms with van der Waals surface area (Å²) in [6.45, 7) is 7.89. The Kier molecular flexibility index (Phi) is 4.39. The monoisotopic (exact) mass is 280 g/mol. The molecule has 1 aromatic heterocycles. The van der Waals surface area contributed by atoms with E-state index in [1.807, 2.05) is 20.8 Å². The van der Waals surface area contributed by atoms with E-state index in [1.165, 1.54) is 12.1 Å². The first kappa shape index (κ1) is 14.5. The summed E-state index contributed by atoms with van der Waals surface area (Å²) < 4.78 is 5.58. The molecule has 1 N–H and O–H groups in total. The van der Waals surface area contributed by atoms with E-state index >= 15 is 0 Å². The molecule has 0 saturated carbocycles. The van der Waals surface area contributed by atoms with Crippen LogP contribution in [0.4, 0.5) is 17.3 Å². The standard InChI is InChI=1S/C13H20N4O3/c1-4-14-12-5-11(17(18)19)6-13(15-12)16-7-10(3)20-8-9(16)2/h5-6,9-10H,4,7-8H2,1-3H3,(H,14,15). The molecule has 1 fully saturated rings. The molecule has 1 aliphatic heterocycles. The van der Waals surface area contributed by atoms with E-state index in [9.17, 15) is 10.1 Å². The number of pyridine rings is 1. The van der Waals surface area contributed by atoms with E-state index in [4.69, 9.17) is 4.74 Å². The van der Waals surface area contributed by atoms with Crippen molar-refractivity contribution >= 4 is 17.3 Å². The van der Waals surface area contributed by atoms with Crippen LogP contribution in [0.1, 0.15) is 20.8 Å². The summed E-state index contributed by atoms with van der Waals surface area (Å²) in [5.41, 5.74) is 0.0531. The molecule has 0 aliphatic carbocycles. The van der Waals surface area contributed by atoms with Crippen LogP contribution < -0.4 is 10.2 Å². The molecule has 0 spiro atoms. The highest BCUT2D eigenvalue weighted by Gasteiger charge is 2.26. The van der Waals surface area contributed by atoms with Crippen LogP contribution in [-0.2, 0) is 4.74 Å². The van der Waals surface area contributed by atoms with Gasteiger partial charge in [0.25, 0.3) is 5.69 Å². The van der Waals surface area contributed by atoms with Crippen molar-refractivity contribution in [1.29, 1.82) is 0 Å². The van der Waals surface area contributed by atoms with Crippen LogP contribution >= 0.6 is 0 Å². The van der Waals surface area contributed by atoms with Crippen LogP contribution in [0.3, 0.4) is 0 Å². The minimum atomic E-state index is -0.388. The van der Waals surface area contributed by atoms with Crippen LogP contribution in [0.2, 0.25) is 0 Å². The fourth-order valence-corrected chi connectivity index (χ4v) is 2.25. The SMILES string of the molecule is CCNc1cc([N+](=O)[O-])cc(N2CC(C)OCC2C)n1. The van der Waals surface area contributed by atoms with Crippen LogP contribution in [0.5, 0.6) is 0 Å². The molecule has 2 atom stereocenters. The zero-order chi connectivity index (χ0) is 14.7. The normalized spacial score (nSPS) is 22.6. The number of hydrogen-bond acceptors (Lipinski definition) is 6. The van der Waals surface area contributed by atoms with Crippen molar-refractivity contribution < 1.29 is 9.66 Å². The lowest BCUT2D eigenvalue weighted by Crippen LogP contribution is -2.47. The highest BCUT2D eigenvalue weighted by atomic mass is 16.6. The zero-order valence-electron chi connectivity index (χ0n) is 12.0. The third-order valence-corrected chi connectivity index (χ3v) is 3.27. The van der Waals surface area contributed by atoms with E-state index in [2.05, 4.69) is 15.2 Å². The molecule has 7 heteroatoms. The van der Waals surface area contributed by atoms with Gasteiger partial charge in [-0.2, -0.15) is 0 Å². The molecular formula is C13H20N4O3. The Morgan fingerprint density at radius 3 is 2.95 bits per heavy atom. The summed E-state index contributed by atoms with van der Waals surface area (Å²) in [5.74, 6) is 1.15. The first-order chi connectivity index (χ1) is 9.51. The van der Waals surface area contributed by atoms with Crippen molar-refractivity contribution in [1.82, 2.24) is 4.98 Å². The number of ether oxygens (including phenoxy) is 1. The van der Waals surface area contributed by atoms with E-state index < -0.39 is 0 Å². The summed E-state index contributed by atoms with van der Waals surface area (Å²) in [5, 5.41) is 14.1. The fourth-order valence-electron chi connectivity index (χ4n) is 2.25. The van der Waals surface area contributed by atoms with Gasteiger partial charge in [-0.05, 0) is 20.8 Å². The van der Waals surface area contributed by atoms with Gasteiger partial charge in [0.1, 0.15) is 11.6 Å². The second-order valence-electron chi connectivity index (χ2n) is 5.00. The Labute approximate surface area is 118 Å². The van der Waals surface area contributed by atoms with Gasteiger partial charge in [-0.25, -0.2) is 4.98 Å². The molecule has 2 unspecified atom stereocenters. The van der Waals surface area contributed by atoms with Crippen LogP contribution in [0.25, 0.3) is 0 Å². The summed E-state index contributed by atoms with van der Waals surface area (Å²) in [7, 11) is 0. The maximum absolute atomic E-state index is 11.0.